The van der Waals surface area contributed by atoms with E-state index in [1.54, 1.807) is 4.90 Å². The summed E-state index contributed by atoms with van der Waals surface area (Å²) in [5.74, 6) is 0.0947. The molecule has 0 bridgehead atoms. The molecule has 3 rings (SSSR count). The fourth-order valence-corrected chi connectivity index (χ4v) is 3.19. The third kappa shape index (κ3) is 1.42. The van der Waals surface area contributed by atoms with Gasteiger partial charge in [0.15, 0.2) is 0 Å². The first-order chi connectivity index (χ1) is 8.79. The van der Waals surface area contributed by atoms with Crippen LogP contribution in [-0.4, -0.2) is 31.8 Å². The minimum absolute atomic E-state index is 0.0947. The number of hydrogen-bond donors (Lipinski definition) is 1. The van der Waals surface area contributed by atoms with Gasteiger partial charge in [-0.15, -0.1) is 0 Å². The Morgan fingerprint density at radius 2 is 2.00 bits per heavy atom. The molecule has 0 aromatic heterocycles. The molecule has 4 nitrogen and oxygen atoms in total. The van der Waals surface area contributed by atoms with E-state index in [-0.39, 0.29) is 12.5 Å². The van der Waals surface area contributed by atoms with Crippen molar-refractivity contribution in [2.75, 3.05) is 24.5 Å². The lowest BCUT2D eigenvalue weighted by Crippen LogP contribution is -2.47. The Hall–Kier alpha value is -1.68. The largest absolute Gasteiger partial charge is 0.317 e. The van der Waals surface area contributed by atoms with Gasteiger partial charge in [0.2, 0.25) is 5.91 Å². The maximum atomic E-state index is 12.7. The Balaban J connectivity index is 2.11. The zero-order valence-electron chi connectivity index (χ0n) is 10.2. The molecule has 0 atom stereocenters. The lowest BCUT2D eigenvalue weighted by atomic mass is 9.74. The first-order valence-electron chi connectivity index (χ1n) is 6.35. The molecule has 1 N–H and O–H groups in total. The molecule has 0 unspecified atom stereocenters. The van der Waals surface area contributed by atoms with E-state index >= 15 is 0 Å². The van der Waals surface area contributed by atoms with Crippen LogP contribution in [0.1, 0.15) is 18.4 Å². The van der Waals surface area contributed by atoms with Crippen LogP contribution < -0.4 is 10.2 Å². The van der Waals surface area contributed by atoms with Gasteiger partial charge in [0.25, 0.3) is 0 Å². The minimum Gasteiger partial charge on any atom is -0.317 e. The molecule has 0 radical (unpaired) electrons. The highest BCUT2D eigenvalue weighted by atomic mass is 16.2. The third-order valence-corrected chi connectivity index (χ3v) is 4.08. The number of hydrogen-bond acceptors (Lipinski definition) is 3. The molecule has 18 heavy (non-hydrogen) atoms. The molecule has 1 aromatic carbocycles. The first-order valence-corrected chi connectivity index (χ1v) is 6.35. The number of piperidine rings is 1. The van der Waals surface area contributed by atoms with Gasteiger partial charge in [0.05, 0.1) is 12.0 Å². The fourth-order valence-electron chi connectivity index (χ4n) is 3.19. The van der Waals surface area contributed by atoms with Crippen LogP contribution in [0.25, 0.3) is 0 Å². The summed E-state index contributed by atoms with van der Waals surface area (Å²) in [7, 11) is 0. The van der Waals surface area contributed by atoms with Crippen LogP contribution in [0, 0.1) is 0 Å². The summed E-state index contributed by atoms with van der Waals surface area (Å²) in [5, 5.41) is 3.29. The smallest absolute Gasteiger partial charge is 0.238 e. The number of carbonyl (C=O) groups is 2. The summed E-state index contributed by atoms with van der Waals surface area (Å²) < 4.78 is 0. The van der Waals surface area contributed by atoms with Crippen LogP contribution in [0.5, 0.6) is 0 Å². The maximum absolute atomic E-state index is 12.7. The minimum atomic E-state index is -0.398. The SMILES string of the molecule is O=CCN1C(=O)C2(CCNCC2)c2ccccc21. The van der Waals surface area contributed by atoms with Crippen molar-refractivity contribution in [3.8, 4) is 0 Å². The van der Waals surface area contributed by atoms with Crippen LogP contribution in [0.2, 0.25) is 0 Å². The number of rotatable bonds is 2. The number of carbonyl (C=O) groups excluding carboxylic acids is 2. The fraction of sp³-hybridized carbons (Fsp3) is 0.429. The first kappa shape index (κ1) is 11.4. The molecule has 94 valence electrons. The van der Waals surface area contributed by atoms with E-state index in [1.807, 2.05) is 24.3 Å². The van der Waals surface area contributed by atoms with Gasteiger partial charge < -0.3 is 15.0 Å². The van der Waals surface area contributed by atoms with Crippen molar-refractivity contribution >= 4 is 17.9 Å². The second kappa shape index (κ2) is 4.21. The Labute approximate surface area is 106 Å². The molecule has 1 amide bonds. The zero-order chi connectivity index (χ0) is 12.6. The average Bonchev–Trinajstić information content (AvgIpc) is 2.64. The van der Waals surface area contributed by atoms with E-state index in [0.717, 1.165) is 43.5 Å². The highest BCUT2D eigenvalue weighted by molar-refractivity contribution is 6.09. The number of aldehydes is 1. The Kier molecular flexibility index (Phi) is 2.67. The van der Waals surface area contributed by atoms with Gasteiger partial charge in [-0.2, -0.15) is 0 Å². The molecule has 0 saturated carbocycles. The van der Waals surface area contributed by atoms with Crippen molar-refractivity contribution in [3.05, 3.63) is 29.8 Å². The lowest BCUT2D eigenvalue weighted by molar-refractivity contribution is -0.124. The summed E-state index contributed by atoms with van der Waals surface area (Å²) in [6, 6.07) is 7.86. The van der Waals surface area contributed by atoms with Crippen molar-refractivity contribution in [2.45, 2.75) is 18.3 Å². The Bertz CT molecular complexity index is 492. The molecule has 2 aliphatic rings. The van der Waals surface area contributed by atoms with Gasteiger partial charge in [-0.05, 0) is 37.6 Å². The number of nitrogens with zero attached hydrogens (tertiary/aromatic N) is 1. The van der Waals surface area contributed by atoms with E-state index in [2.05, 4.69) is 5.32 Å². The van der Waals surface area contributed by atoms with E-state index in [1.165, 1.54) is 0 Å². The van der Waals surface area contributed by atoms with Crippen LogP contribution in [0.4, 0.5) is 5.69 Å². The van der Waals surface area contributed by atoms with Crippen molar-refractivity contribution in [3.63, 3.8) is 0 Å². The average molecular weight is 244 g/mol. The molecule has 0 aliphatic carbocycles. The molecule has 2 heterocycles. The molecule has 1 saturated heterocycles. The van der Waals surface area contributed by atoms with Gasteiger partial charge >= 0.3 is 0 Å². The summed E-state index contributed by atoms with van der Waals surface area (Å²) in [6.45, 7) is 1.87. The van der Waals surface area contributed by atoms with E-state index in [9.17, 15) is 9.59 Å². The standard InChI is InChI=1S/C14H16N2O2/c17-10-9-16-12-4-2-1-3-11(12)14(13(16)18)5-7-15-8-6-14/h1-4,10,15H,5-9H2. The summed E-state index contributed by atoms with van der Waals surface area (Å²) >= 11 is 0. The van der Waals surface area contributed by atoms with Gasteiger partial charge in [-0.3, -0.25) is 4.79 Å². The maximum Gasteiger partial charge on any atom is 0.238 e. The second-order valence-electron chi connectivity index (χ2n) is 4.93. The highest BCUT2D eigenvalue weighted by Crippen LogP contribution is 2.46. The van der Waals surface area contributed by atoms with Crippen LogP contribution in [0.3, 0.4) is 0 Å². The number of fused-ring (bicyclic) bond motifs is 2. The monoisotopic (exact) mass is 244 g/mol. The third-order valence-electron chi connectivity index (χ3n) is 4.08. The normalized spacial score (nSPS) is 21.1. The molecular formula is C14H16N2O2. The molecule has 1 spiro atoms. The second-order valence-corrected chi connectivity index (χ2v) is 4.93. The van der Waals surface area contributed by atoms with E-state index < -0.39 is 5.41 Å². The van der Waals surface area contributed by atoms with Crippen molar-refractivity contribution in [2.24, 2.45) is 0 Å². The van der Waals surface area contributed by atoms with Gasteiger partial charge in [0, 0.05) is 5.69 Å². The number of nitrogens with one attached hydrogen (secondary N) is 1. The number of benzene rings is 1. The topological polar surface area (TPSA) is 49.4 Å². The van der Waals surface area contributed by atoms with Crippen LogP contribution in [-0.2, 0) is 15.0 Å². The summed E-state index contributed by atoms with van der Waals surface area (Å²) in [6.07, 6.45) is 2.44. The zero-order valence-corrected chi connectivity index (χ0v) is 10.2. The van der Waals surface area contributed by atoms with Crippen molar-refractivity contribution < 1.29 is 9.59 Å². The number of anilines is 1. The van der Waals surface area contributed by atoms with Gasteiger partial charge in [-0.1, -0.05) is 18.2 Å². The summed E-state index contributed by atoms with van der Waals surface area (Å²) in [5.41, 5.74) is 1.61. The molecule has 1 fully saturated rings. The predicted octanol–water partition coefficient (Wildman–Crippen LogP) is 0.853. The van der Waals surface area contributed by atoms with Crippen LogP contribution >= 0.6 is 0 Å². The predicted molar refractivity (Wildman–Crippen MR) is 68.6 cm³/mol. The Morgan fingerprint density at radius 3 is 2.72 bits per heavy atom. The highest BCUT2D eigenvalue weighted by Gasteiger charge is 2.50. The Morgan fingerprint density at radius 1 is 1.28 bits per heavy atom. The molecule has 1 aromatic rings. The molecule has 2 aliphatic heterocycles. The van der Waals surface area contributed by atoms with Crippen molar-refractivity contribution in [1.82, 2.24) is 5.32 Å². The molecule has 4 heteroatoms. The molecular weight excluding hydrogens is 228 g/mol. The number of para-hydroxylation sites is 1. The van der Waals surface area contributed by atoms with Crippen LogP contribution in [0.15, 0.2) is 24.3 Å². The quantitative estimate of drug-likeness (QED) is 0.785. The summed E-state index contributed by atoms with van der Waals surface area (Å²) in [4.78, 5) is 25.1. The number of amides is 1. The van der Waals surface area contributed by atoms with E-state index in [4.69, 9.17) is 0 Å². The van der Waals surface area contributed by atoms with Crippen molar-refractivity contribution in [1.29, 1.82) is 0 Å². The van der Waals surface area contributed by atoms with E-state index in [0.29, 0.717) is 0 Å². The van der Waals surface area contributed by atoms with Gasteiger partial charge in [0.1, 0.15) is 6.29 Å². The lowest BCUT2D eigenvalue weighted by Gasteiger charge is -2.32. The van der Waals surface area contributed by atoms with Gasteiger partial charge in [-0.25, -0.2) is 0 Å².